The number of nitrogens with one attached hydrogen (secondary N) is 2. The maximum atomic E-state index is 12.8. The molecule has 0 radical (unpaired) electrons. The molecule has 1 aliphatic carbocycles. The highest BCUT2D eigenvalue weighted by Gasteiger charge is 2.37. The lowest BCUT2D eigenvalue weighted by molar-refractivity contribution is -0.130. The van der Waals surface area contributed by atoms with Crippen molar-refractivity contribution in [2.75, 3.05) is 38.2 Å². The molecular weight excluding hydrogens is 420 g/mol. The molecule has 2 N–H and O–H groups in total. The predicted octanol–water partition coefficient (Wildman–Crippen LogP) is 1.82. The summed E-state index contributed by atoms with van der Waals surface area (Å²) in [6, 6.07) is 2.36. The van der Waals surface area contributed by atoms with E-state index >= 15 is 0 Å². The van der Waals surface area contributed by atoms with E-state index in [4.69, 9.17) is 4.74 Å². The first kappa shape index (κ1) is 23.0. The van der Waals surface area contributed by atoms with E-state index in [0.717, 1.165) is 12.1 Å². The summed E-state index contributed by atoms with van der Waals surface area (Å²) in [4.78, 5) is 40.7. The first-order valence-corrected chi connectivity index (χ1v) is 11.5. The maximum Gasteiger partial charge on any atom is 0.271 e. The molecule has 33 heavy (non-hydrogen) atoms. The van der Waals surface area contributed by atoms with Crippen LogP contribution in [0.1, 0.15) is 26.7 Å². The third kappa shape index (κ3) is 5.78. The van der Waals surface area contributed by atoms with Gasteiger partial charge in [-0.1, -0.05) is 19.9 Å². The van der Waals surface area contributed by atoms with Gasteiger partial charge >= 0.3 is 0 Å². The van der Waals surface area contributed by atoms with Crippen LogP contribution >= 0.6 is 0 Å². The van der Waals surface area contributed by atoms with Crippen LogP contribution in [0.15, 0.2) is 41.6 Å². The van der Waals surface area contributed by atoms with Crippen molar-refractivity contribution >= 4 is 11.6 Å². The lowest BCUT2D eigenvalue weighted by atomic mass is 10.0. The van der Waals surface area contributed by atoms with Crippen molar-refractivity contribution in [3.05, 3.63) is 47.2 Å². The largest absolute Gasteiger partial charge is 0.480 e. The van der Waals surface area contributed by atoms with Crippen LogP contribution in [0.5, 0.6) is 5.88 Å². The number of likely N-dealkylation sites (tertiary alicyclic amines) is 1. The molecule has 0 spiro atoms. The average molecular weight is 453 g/mol. The van der Waals surface area contributed by atoms with Crippen molar-refractivity contribution in [1.29, 1.82) is 0 Å². The van der Waals surface area contributed by atoms with Crippen molar-refractivity contribution in [3.63, 3.8) is 0 Å². The van der Waals surface area contributed by atoms with Crippen molar-refractivity contribution in [3.8, 4) is 17.1 Å². The Hall–Kier alpha value is -3.20. The van der Waals surface area contributed by atoms with Crippen LogP contribution in [0.4, 0.5) is 5.69 Å². The normalized spacial score (nSPS) is 16.3. The van der Waals surface area contributed by atoms with E-state index in [2.05, 4.69) is 39.0 Å². The van der Waals surface area contributed by atoms with Gasteiger partial charge in [0, 0.05) is 50.1 Å². The number of rotatable bonds is 10. The Morgan fingerprint density at radius 3 is 2.85 bits per heavy atom. The van der Waals surface area contributed by atoms with Crippen molar-refractivity contribution in [2.45, 2.75) is 38.8 Å². The molecule has 4 rings (SSSR count). The SMILES string of the molecule is COc1cncc(-c2c[nH]c(=O)c(N(CC3CC3)C3CN(C(=O)C=CCNC(C)C)C3)c2)n1. The monoisotopic (exact) mass is 452 g/mol. The zero-order valence-electron chi connectivity index (χ0n) is 19.5. The summed E-state index contributed by atoms with van der Waals surface area (Å²) in [6.07, 6.45) is 10.7. The highest BCUT2D eigenvalue weighted by Crippen LogP contribution is 2.33. The Balaban J connectivity index is 1.48. The van der Waals surface area contributed by atoms with Crippen LogP contribution in [0.25, 0.3) is 11.3 Å². The number of carbonyl (C=O) groups excluding carboxylic acids is 1. The van der Waals surface area contributed by atoms with E-state index in [-0.39, 0.29) is 17.5 Å². The van der Waals surface area contributed by atoms with Crippen molar-refractivity contribution in [2.24, 2.45) is 5.92 Å². The standard InChI is InChI=1S/C24H32N6O3/c1-16(2)26-8-4-5-23(31)29-14-19(15-29)30(13-17-6-7-17)21-9-18(10-27-24(21)32)20-11-25-12-22(28-20)33-3/h4-5,9-12,16-17,19,26H,6-8,13-15H2,1-3H3,(H,27,32). The fraction of sp³-hybridized carbons (Fsp3) is 0.500. The molecule has 0 aromatic carbocycles. The summed E-state index contributed by atoms with van der Waals surface area (Å²) in [5, 5.41) is 3.26. The van der Waals surface area contributed by atoms with E-state index in [1.165, 1.54) is 12.8 Å². The Labute approximate surface area is 193 Å². The van der Waals surface area contributed by atoms with Crippen LogP contribution < -0.4 is 20.5 Å². The highest BCUT2D eigenvalue weighted by molar-refractivity contribution is 5.88. The van der Waals surface area contributed by atoms with E-state index in [1.807, 2.05) is 17.0 Å². The molecule has 1 saturated carbocycles. The number of hydrogen-bond acceptors (Lipinski definition) is 7. The number of nitrogens with zero attached hydrogens (tertiary/aromatic N) is 4. The molecule has 9 nitrogen and oxygen atoms in total. The highest BCUT2D eigenvalue weighted by atomic mass is 16.5. The molecule has 0 unspecified atom stereocenters. The topological polar surface area (TPSA) is 103 Å². The third-order valence-corrected chi connectivity index (χ3v) is 5.98. The molecule has 2 aromatic heterocycles. The molecule has 1 amide bonds. The minimum absolute atomic E-state index is 0.0116. The second-order valence-electron chi connectivity index (χ2n) is 9.01. The molecule has 2 aliphatic rings. The quantitative estimate of drug-likeness (QED) is 0.530. The van der Waals surface area contributed by atoms with Gasteiger partial charge in [-0.25, -0.2) is 4.98 Å². The molecular formula is C24H32N6O3. The number of aromatic amines is 1. The number of H-pyrrole nitrogens is 1. The molecule has 9 heteroatoms. The van der Waals surface area contributed by atoms with Gasteiger partial charge in [-0.2, -0.15) is 0 Å². The third-order valence-electron chi connectivity index (χ3n) is 5.98. The first-order valence-electron chi connectivity index (χ1n) is 11.5. The molecule has 1 aliphatic heterocycles. The van der Waals surface area contributed by atoms with E-state index < -0.39 is 0 Å². The minimum Gasteiger partial charge on any atom is -0.480 e. The van der Waals surface area contributed by atoms with Crippen LogP contribution in [-0.2, 0) is 4.79 Å². The van der Waals surface area contributed by atoms with E-state index in [1.54, 1.807) is 31.8 Å². The molecule has 2 fully saturated rings. The molecule has 3 heterocycles. The minimum atomic E-state index is -0.139. The summed E-state index contributed by atoms with van der Waals surface area (Å²) in [7, 11) is 1.54. The van der Waals surface area contributed by atoms with Gasteiger partial charge in [0.15, 0.2) is 0 Å². The van der Waals surface area contributed by atoms with Gasteiger partial charge in [0.1, 0.15) is 5.69 Å². The second-order valence-corrected chi connectivity index (χ2v) is 9.01. The number of methoxy groups -OCH3 is 1. The fourth-order valence-corrected chi connectivity index (χ4v) is 3.84. The number of aromatic nitrogens is 3. The average Bonchev–Trinajstić information content (AvgIpc) is 3.59. The predicted molar refractivity (Wildman–Crippen MR) is 127 cm³/mol. The Kier molecular flexibility index (Phi) is 7.08. The van der Waals surface area contributed by atoms with E-state index in [9.17, 15) is 9.59 Å². The van der Waals surface area contributed by atoms with Crippen molar-refractivity contribution < 1.29 is 9.53 Å². The number of hydrogen-bond donors (Lipinski definition) is 2. The van der Waals surface area contributed by atoms with Gasteiger partial charge in [-0.15, -0.1) is 0 Å². The smallest absolute Gasteiger partial charge is 0.271 e. The van der Waals surface area contributed by atoms with Crippen LogP contribution in [0.2, 0.25) is 0 Å². The Morgan fingerprint density at radius 2 is 2.15 bits per heavy atom. The molecule has 176 valence electrons. The summed E-state index contributed by atoms with van der Waals surface area (Å²) < 4.78 is 5.18. The summed E-state index contributed by atoms with van der Waals surface area (Å²) >= 11 is 0. The van der Waals surface area contributed by atoms with Crippen molar-refractivity contribution in [1.82, 2.24) is 25.2 Å². The van der Waals surface area contributed by atoms with Gasteiger partial charge in [0.05, 0.1) is 31.2 Å². The zero-order valence-corrected chi connectivity index (χ0v) is 19.5. The van der Waals surface area contributed by atoms with Gasteiger partial charge < -0.3 is 24.8 Å². The number of anilines is 1. The number of carbonyl (C=O) groups is 1. The fourth-order valence-electron chi connectivity index (χ4n) is 3.84. The number of ether oxygens (including phenoxy) is 1. The van der Waals surface area contributed by atoms with Gasteiger partial charge in [-0.05, 0) is 24.8 Å². The lowest BCUT2D eigenvalue weighted by Gasteiger charge is -2.46. The second kappa shape index (κ2) is 10.2. The molecule has 1 saturated heterocycles. The Morgan fingerprint density at radius 1 is 1.36 bits per heavy atom. The zero-order chi connectivity index (χ0) is 23.4. The first-order chi connectivity index (χ1) is 15.9. The van der Waals surface area contributed by atoms with E-state index in [0.29, 0.717) is 48.9 Å². The summed E-state index contributed by atoms with van der Waals surface area (Å²) in [5.41, 5.74) is 1.87. The van der Waals surface area contributed by atoms with Gasteiger partial charge in [0.25, 0.3) is 5.56 Å². The maximum absolute atomic E-state index is 12.8. The van der Waals surface area contributed by atoms with Crippen LogP contribution in [0, 0.1) is 5.92 Å². The van der Waals surface area contributed by atoms with Crippen LogP contribution in [0.3, 0.4) is 0 Å². The number of amides is 1. The lowest BCUT2D eigenvalue weighted by Crippen LogP contribution is -2.62. The number of pyridine rings is 1. The molecule has 0 atom stereocenters. The summed E-state index contributed by atoms with van der Waals surface area (Å²) in [6.45, 7) is 6.84. The molecule has 2 aromatic rings. The molecule has 0 bridgehead atoms. The van der Waals surface area contributed by atoms with Gasteiger partial charge in [-0.3, -0.25) is 14.6 Å². The Bertz CT molecular complexity index is 1060. The van der Waals surface area contributed by atoms with Crippen LogP contribution in [-0.4, -0.2) is 71.1 Å². The van der Waals surface area contributed by atoms with Gasteiger partial charge in [0.2, 0.25) is 11.8 Å². The summed E-state index contributed by atoms with van der Waals surface area (Å²) in [5.74, 6) is 1.02.